The van der Waals surface area contributed by atoms with Gasteiger partial charge in [0.15, 0.2) is 5.05 Å². The van der Waals surface area contributed by atoms with Gasteiger partial charge >= 0.3 is 0 Å². The molecule has 1 unspecified atom stereocenters. The van der Waals surface area contributed by atoms with Gasteiger partial charge in [0.1, 0.15) is 6.10 Å². The topological polar surface area (TPSA) is 29.5 Å². The minimum atomic E-state index is -0.838. The summed E-state index contributed by atoms with van der Waals surface area (Å²) in [5.41, 5.74) is 5.96. The first-order chi connectivity index (χ1) is 14.4. The minimum Gasteiger partial charge on any atom is -0.484 e. The van der Waals surface area contributed by atoms with Crippen molar-refractivity contribution in [2.24, 2.45) is 5.92 Å². The van der Waals surface area contributed by atoms with Crippen molar-refractivity contribution in [1.82, 2.24) is 0 Å². The van der Waals surface area contributed by atoms with Crippen molar-refractivity contribution in [3.63, 3.8) is 0 Å². The van der Waals surface area contributed by atoms with Crippen LogP contribution in [-0.4, -0.2) is 22.9 Å². The number of hydrogen-bond acceptors (Lipinski definition) is 3. The lowest BCUT2D eigenvalue weighted by atomic mass is 9.68. The first kappa shape index (κ1) is 29.1. The molecule has 184 valence electrons. The van der Waals surface area contributed by atoms with E-state index in [9.17, 15) is 5.11 Å². The van der Waals surface area contributed by atoms with Crippen molar-refractivity contribution in [2.45, 2.75) is 131 Å². The molecule has 0 heterocycles. The molecule has 0 saturated carbocycles. The van der Waals surface area contributed by atoms with Crippen LogP contribution in [0.3, 0.4) is 0 Å². The summed E-state index contributed by atoms with van der Waals surface area (Å²) < 4.78 is 5.86. The number of aliphatic hydroxyl groups excluding tert-OH is 1. The van der Waals surface area contributed by atoms with E-state index in [0.717, 1.165) is 24.3 Å². The number of unbranched alkanes of at least 4 members (excludes halogenated alkanes) is 2. The van der Waals surface area contributed by atoms with Crippen LogP contribution in [0.1, 0.15) is 123 Å². The second kappa shape index (κ2) is 11.0. The van der Waals surface area contributed by atoms with Crippen LogP contribution in [0.4, 0.5) is 0 Å². The Bertz CT molecular complexity index is 776. The Balaban J connectivity index is 3.20. The average Bonchev–Trinajstić information content (AvgIpc) is 2.60. The number of aliphatic hydroxyl groups is 1. The molecule has 0 bridgehead atoms. The van der Waals surface area contributed by atoms with Gasteiger partial charge in [0, 0.05) is 5.41 Å². The lowest BCUT2D eigenvalue weighted by molar-refractivity contribution is 0.129. The van der Waals surface area contributed by atoms with Crippen molar-refractivity contribution >= 4 is 17.3 Å². The summed E-state index contributed by atoms with van der Waals surface area (Å²) in [6, 6.07) is 2.30. The zero-order valence-electron chi connectivity index (χ0n) is 23.0. The molecule has 1 aromatic carbocycles. The Kier molecular flexibility index (Phi) is 10.0. The normalized spacial score (nSPS) is 14.1. The van der Waals surface area contributed by atoms with E-state index in [1.165, 1.54) is 35.1 Å². The molecule has 0 aliphatic carbocycles. The lowest BCUT2D eigenvalue weighted by Crippen LogP contribution is -2.41. The molecule has 0 aliphatic heterocycles. The van der Waals surface area contributed by atoms with Gasteiger partial charge in [0.25, 0.3) is 0 Å². The molecule has 0 aliphatic rings. The molecule has 1 N–H and O–H groups in total. The van der Waals surface area contributed by atoms with Crippen LogP contribution in [0, 0.1) is 19.8 Å². The van der Waals surface area contributed by atoms with Crippen LogP contribution in [-0.2, 0) is 21.0 Å². The van der Waals surface area contributed by atoms with Gasteiger partial charge in [0.2, 0.25) is 0 Å². The highest BCUT2D eigenvalue weighted by Crippen LogP contribution is 2.42. The highest BCUT2D eigenvalue weighted by molar-refractivity contribution is 7.80. The molecule has 3 heteroatoms. The van der Waals surface area contributed by atoms with Crippen molar-refractivity contribution in [3.8, 4) is 0 Å². The monoisotopic (exact) mass is 462 g/mol. The highest BCUT2D eigenvalue weighted by atomic mass is 32.1. The van der Waals surface area contributed by atoms with Crippen LogP contribution in [0.5, 0.6) is 0 Å². The van der Waals surface area contributed by atoms with Crippen LogP contribution < -0.4 is 0 Å². The summed E-state index contributed by atoms with van der Waals surface area (Å²) in [6.45, 7) is 27.3. The van der Waals surface area contributed by atoms with Crippen molar-refractivity contribution in [1.29, 1.82) is 0 Å². The second-order valence-corrected chi connectivity index (χ2v) is 13.0. The number of rotatable bonds is 9. The van der Waals surface area contributed by atoms with Crippen LogP contribution in [0.15, 0.2) is 6.07 Å². The average molecular weight is 463 g/mol. The Morgan fingerprint density at radius 2 is 1.41 bits per heavy atom. The summed E-state index contributed by atoms with van der Waals surface area (Å²) in [7, 11) is 0. The molecule has 2 nitrogen and oxygen atoms in total. The quantitative estimate of drug-likeness (QED) is 0.297. The van der Waals surface area contributed by atoms with Gasteiger partial charge in [-0.15, -0.1) is 0 Å². The SMILES string of the molecule is Cc1c(C(C)(C)C)cc(C(C)(C)C(O)C(=S)OCCCCCC(C)C)c(C)c1C(C)(C)C. The molecular formula is C29H50O2S. The summed E-state index contributed by atoms with van der Waals surface area (Å²) >= 11 is 5.55. The van der Waals surface area contributed by atoms with Crippen LogP contribution in [0.25, 0.3) is 0 Å². The first-order valence-electron chi connectivity index (χ1n) is 12.4. The van der Waals surface area contributed by atoms with E-state index in [1.54, 1.807) is 0 Å². The van der Waals surface area contributed by atoms with Gasteiger partial charge in [-0.1, -0.05) is 94.6 Å². The zero-order chi connectivity index (χ0) is 25.1. The molecule has 0 radical (unpaired) electrons. The Morgan fingerprint density at radius 1 is 0.875 bits per heavy atom. The van der Waals surface area contributed by atoms with Gasteiger partial charge in [-0.05, 0) is 77.1 Å². The van der Waals surface area contributed by atoms with E-state index in [0.29, 0.717) is 11.7 Å². The minimum absolute atomic E-state index is 0.0121. The number of benzene rings is 1. The highest BCUT2D eigenvalue weighted by Gasteiger charge is 2.38. The number of ether oxygens (including phenoxy) is 1. The van der Waals surface area contributed by atoms with Crippen molar-refractivity contribution < 1.29 is 9.84 Å². The fraction of sp³-hybridized carbons (Fsp3) is 0.759. The first-order valence-corrected chi connectivity index (χ1v) is 12.8. The van der Waals surface area contributed by atoms with E-state index in [-0.39, 0.29) is 10.8 Å². The van der Waals surface area contributed by atoms with E-state index in [1.807, 2.05) is 0 Å². The summed E-state index contributed by atoms with van der Waals surface area (Å²) in [6.07, 6.45) is 3.75. The maximum absolute atomic E-state index is 11.3. The standard InChI is InChI=1S/C29H50O2S/c1-19(2)16-14-13-15-17-31-26(32)25(30)29(11,12)23-18-22(27(5,6)7)20(3)24(21(23)4)28(8,9)10/h18-19,25,30H,13-17H2,1-12H3. The fourth-order valence-electron chi connectivity index (χ4n) is 5.01. The van der Waals surface area contributed by atoms with E-state index in [4.69, 9.17) is 17.0 Å². The predicted molar refractivity (Wildman–Crippen MR) is 144 cm³/mol. The van der Waals surface area contributed by atoms with Gasteiger partial charge in [-0.2, -0.15) is 0 Å². The molecule has 0 aromatic heterocycles. The third kappa shape index (κ3) is 7.29. The van der Waals surface area contributed by atoms with E-state index in [2.05, 4.69) is 89.2 Å². The molecule has 1 aromatic rings. The largest absolute Gasteiger partial charge is 0.484 e. The van der Waals surface area contributed by atoms with Gasteiger partial charge in [-0.3, -0.25) is 0 Å². The third-order valence-corrected chi connectivity index (χ3v) is 7.02. The number of thiocarbonyl (C=S) groups is 1. The van der Waals surface area contributed by atoms with Crippen molar-refractivity contribution in [2.75, 3.05) is 6.61 Å². The van der Waals surface area contributed by atoms with Gasteiger partial charge in [-0.25, -0.2) is 0 Å². The second-order valence-electron chi connectivity index (χ2n) is 12.6. The molecule has 0 spiro atoms. The fourth-order valence-corrected chi connectivity index (χ4v) is 5.39. The predicted octanol–water partition coefficient (Wildman–Crippen LogP) is 8.10. The van der Waals surface area contributed by atoms with Gasteiger partial charge < -0.3 is 9.84 Å². The van der Waals surface area contributed by atoms with Gasteiger partial charge in [0.05, 0.1) is 6.61 Å². The lowest BCUT2D eigenvalue weighted by Gasteiger charge is -2.38. The maximum Gasteiger partial charge on any atom is 0.189 e. The summed E-state index contributed by atoms with van der Waals surface area (Å²) in [5.74, 6) is 0.744. The molecule has 0 saturated heterocycles. The smallest absolute Gasteiger partial charge is 0.189 e. The zero-order valence-corrected chi connectivity index (χ0v) is 23.8. The maximum atomic E-state index is 11.3. The molecular weight excluding hydrogens is 412 g/mol. The van der Waals surface area contributed by atoms with E-state index >= 15 is 0 Å². The Morgan fingerprint density at radius 3 is 1.88 bits per heavy atom. The molecule has 0 fully saturated rings. The van der Waals surface area contributed by atoms with E-state index < -0.39 is 11.5 Å². The summed E-state index contributed by atoms with van der Waals surface area (Å²) in [5, 5.41) is 11.6. The van der Waals surface area contributed by atoms with Crippen LogP contribution >= 0.6 is 12.2 Å². The Hall–Kier alpha value is -0.930. The number of hydrogen-bond donors (Lipinski definition) is 1. The summed E-state index contributed by atoms with van der Waals surface area (Å²) in [4.78, 5) is 0. The molecule has 1 rings (SSSR count). The van der Waals surface area contributed by atoms with Crippen molar-refractivity contribution in [3.05, 3.63) is 33.9 Å². The third-order valence-electron chi connectivity index (χ3n) is 6.68. The molecule has 0 amide bonds. The molecule has 32 heavy (non-hydrogen) atoms. The Labute approximate surface area is 204 Å². The van der Waals surface area contributed by atoms with Crippen LogP contribution in [0.2, 0.25) is 0 Å². The molecule has 1 atom stereocenters.